The maximum Gasteiger partial charge on any atom is 0.0957 e. The van der Waals surface area contributed by atoms with Crippen LogP contribution in [0, 0.1) is 0 Å². The van der Waals surface area contributed by atoms with E-state index in [0.29, 0.717) is 0 Å². The van der Waals surface area contributed by atoms with E-state index in [-0.39, 0.29) is 0 Å². The molecule has 10 rings (SSSR count). The van der Waals surface area contributed by atoms with Crippen LogP contribution in [-0.4, -0.2) is 13.8 Å². The summed E-state index contributed by atoms with van der Waals surface area (Å²) in [4.78, 5) is 0. The van der Waals surface area contributed by atoms with E-state index in [4.69, 9.17) is 0 Å². The first-order valence-corrected chi connectivity index (χ1v) is 14.1. The summed E-state index contributed by atoms with van der Waals surface area (Å²) >= 11 is 0. The molecule has 2 aliphatic heterocycles. The van der Waals surface area contributed by atoms with Crippen molar-refractivity contribution < 1.29 is 0 Å². The first-order chi connectivity index (χ1) is 20.4. The lowest BCUT2D eigenvalue weighted by Gasteiger charge is -2.27. The summed E-state index contributed by atoms with van der Waals surface area (Å²) in [5.74, 6) is 0. The van der Waals surface area contributed by atoms with E-state index in [9.17, 15) is 0 Å². The molecule has 0 N–H and O–H groups in total. The van der Waals surface area contributed by atoms with Gasteiger partial charge in [0.1, 0.15) is 0 Å². The lowest BCUT2D eigenvalue weighted by Crippen LogP contribution is -2.16. The molecule has 0 fully saturated rings. The van der Waals surface area contributed by atoms with Gasteiger partial charge in [0.15, 0.2) is 0 Å². The Morgan fingerprint density at radius 2 is 1.02 bits per heavy atom. The van der Waals surface area contributed by atoms with E-state index in [2.05, 4.69) is 153 Å². The van der Waals surface area contributed by atoms with Gasteiger partial charge in [-0.2, -0.15) is 0 Å². The molecule has 0 spiro atoms. The highest BCUT2D eigenvalue weighted by Gasteiger charge is 2.25. The van der Waals surface area contributed by atoms with Crippen LogP contribution in [0.3, 0.4) is 0 Å². The van der Waals surface area contributed by atoms with Crippen molar-refractivity contribution in [2.24, 2.45) is 0 Å². The summed E-state index contributed by atoms with van der Waals surface area (Å²) in [6, 6.07) is 51.1. The zero-order chi connectivity index (χ0) is 26.7. The van der Waals surface area contributed by atoms with Crippen molar-refractivity contribution in [1.29, 1.82) is 0 Å². The van der Waals surface area contributed by atoms with E-state index in [0.717, 1.165) is 5.69 Å². The molecule has 0 saturated carbocycles. The molecule has 3 nitrogen and oxygen atoms in total. The van der Waals surface area contributed by atoms with Gasteiger partial charge in [-0.05, 0) is 58.6 Å². The average Bonchev–Trinajstić information content (AvgIpc) is 3.37. The minimum Gasteiger partial charge on any atom is -0.306 e. The highest BCUT2D eigenvalue weighted by atomic mass is 15.4. The second-order valence-corrected chi connectivity index (χ2v) is 11.0. The summed E-state index contributed by atoms with van der Waals surface area (Å²) in [5.41, 5.74) is 8.41. The molecule has 0 aliphatic carbocycles. The number of hydrogen-bond acceptors (Lipinski definition) is 0. The van der Waals surface area contributed by atoms with E-state index in [1.54, 1.807) is 0 Å². The summed E-state index contributed by atoms with van der Waals surface area (Å²) in [6.45, 7) is 0. The highest BCUT2D eigenvalue weighted by Crippen LogP contribution is 2.43. The van der Waals surface area contributed by atoms with E-state index >= 15 is 0 Å². The fourth-order valence-electron chi connectivity index (χ4n) is 7.26. The number of nitrogens with zero attached hydrogens (tertiary/aromatic N) is 3. The van der Waals surface area contributed by atoms with Crippen LogP contribution in [0.5, 0.6) is 0 Å². The number of fused-ring (bicyclic) bond motifs is 10. The molecule has 0 atom stereocenters. The number of hydrogen-bond donors (Lipinski definition) is 0. The Bertz CT molecular complexity index is 2630. The fourth-order valence-corrected chi connectivity index (χ4v) is 7.26. The predicted octanol–water partition coefficient (Wildman–Crippen LogP) is 9.88. The zero-order valence-corrected chi connectivity index (χ0v) is 22.1. The molecule has 8 aromatic rings. The SMILES string of the molecule is c1ccc(-n2c3cccc4c3-n(c3ccc5cc6ccccc6cc5c32)n2c3ccccc3c3cccc4c32)cc1. The monoisotopic (exact) mass is 521 g/mol. The zero-order valence-electron chi connectivity index (χ0n) is 22.1. The molecular formula is C38H23N3. The molecule has 1 aromatic heterocycles. The molecule has 2 aliphatic rings. The number of aromatic nitrogens is 3. The van der Waals surface area contributed by atoms with Gasteiger partial charge in [-0.25, -0.2) is 9.20 Å². The van der Waals surface area contributed by atoms with Gasteiger partial charge >= 0.3 is 0 Å². The van der Waals surface area contributed by atoms with Gasteiger partial charge in [-0.3, -0.25) is 0 Å². The first kappa shape index (κ1) is 21.3. The molecule has 0 saturated heterocycles. The molecule has 0 amide bonds. The molecule has 3 heteroatoms. The van der Waals surface area contributed by atoms with Gasteiger partial charge < -0.3 is 4.57 Å². The topological polar surface area (TPSA) is 14.3 Å². The maximum absolute atomic E-state index is 2.48. The van der Waals surface area contributed by atoms with Gasteiger partial charge in [0, 0.05) is 32.6 Å². The van der Waals surface area contributed by atoms with Crippen LogP contribution in [0.15, 0.2) is 140 Å². The van der Waals surface area contributed by atoms with E-state index in [1.165, 1.54) is 76.4 Å². The van der Waals surface area contributed by atoms with Crippen LogP contribution in [0.1, 0.15) is 0 Å². The van der Waals surface area contributed by atoms with Crippen molar-refractivity contribution in [1.82, 2.24) is 13.8 Å². The second-order valence-electron chi connectivity index (χ2n) is 11.0. The third kappa shape index (κ3) is 2.63. The normalized spacial score (nSPS) is 12.4. The summed E-state index contributed by atoms with van der Waals surface area (Å²) < 4.78 is 7.41. The van der Waals surface area contributed by atoms with Gasteiger partial charge in [0.05, 0.1) is 33.3 Å². The van der Waals surface area contributed by atoms with Crippen LogP contribution < -0.4 is 0 Å². The van der Waals surface area contributed by atoms with Gasteiger partial charge in [-0.1, -0.05) is 97.1 Å². The van der Waals surface area contributed by atoms with Crippen molar-refractivity contribution in [2.45, 2.75) is 0 Å². The molecular weight excluding hydrogens is 498 g/mol. The molecule has 7 aromatic carbocycles. The van der Waals surface area contributed by atoms with Gasteiger partial charge in [-0.15, -0.1) is 0 Å². The van der Waals surface area contributed by atoms with Crippen molar-refractivity contribution in [3.63, 3.8) is 0 Å². The second kappa shape index (κ2) is 7.56. The Labute approximate surface area is 235 Å². The number of rotatable bonds is 1. The number of benzene rings is 7. The lowest BCUT2D eigenvalue weighted by molar-refractivity contribution is 0.838. The first-order valence-electron chi connectivity index (χ1n) is 14.1. The summed E-state index contributed by atoms with van der Waals surface area (Å²) in [5, 5.41) is 10.1. The highest BCUT2D eigenvalue weighted by molar-refractivity contribution is 6.21. The molecule has 0 radical (unpaired) electrons. The Hall–Kier alpha value is -5.54. The Morgan fingerprint density at radius 3 is 1.90 bits per heavy atom. The largest absolute Gasteiger partial charge is 0.306 e. The Balaban J connectivity index is 1.59. The minimum atomic E-state index is 1.16. The molecule has 190 valence electrons. The van der Waals surface area contributed by atoms with Crippen LogP contribution in [0.2, 0.25) is 0 Å². The number of para-hydroxylation sites is 4. The van der Waals surface area contributed by atoms with E-state index < -0.39 is 0 Å². The van der Waals surface area contributed by atoms with Crippen molar-refractivity contribution >= 4 is 70.7 Å². The Morgan fingerprint density at radius 1 is 0.366 bits per heavy atom. The van der Waals surface area contributed by atoms with Crippen LogP contribution in [0.25, 0.3) is 82.0 Å². The predicted molar refractivity (Wildman–Crippen MR) is 172 cm³/mol. The Kier molecular flexibility index (Phi) is 3.93. The summed E-state index contributed by atoms with van der Waals surface area (Å²) in [6.07, 6.45) is 0. The third-order valence-electron chi connectivity index (χ3n) is 8.93. The molecule has 3 heterocycles. The van der Waals surface area contributed by atoms with Crippen molar-refractivity contribution in [3.8, 4) is 11.4 Å². The minimum absolute atomic E-state index is 1.16. The van der Waals surface area contributed by atoms with Crippen LogP contribution in [0.4, 0.5) is 0 Å². The molecule has 0 bridgehead atoms. The fraction of sp³-hybridized carbons (Fsp3) is 0. The third-order valence-corrected chi connectivity index (χ3v) is 8.93. The summed E-state index contributed by atoms with van der Waals surface area (Å²) in [7, 11) is 0. The quantitative estimate of drug-likeness (QED) is 0.151. The molecule has 41 heavy (non-hydrogen) atoms. The smallest absolute Gasteiger partial charge is 0.0957 e. The average molecular weight is 522 g/mol. The molecule has 0 unspecified atom stereocenters. The van der Waals surface area contributed by atoms with Crippen LogP contribution >= 0.6 is 0 Å². The van der Waals surface area contributed by atoms with Crippen molar-refractivity contribution in [3.05, 3.63) is 140 Å². The lowest BCUT2D eigenvalue weighted by atomic mass is 10.00. The van der Waals surface area contributed by atoms with E-state index in [1.807, 2.05) is 0 Å². The standard InChI is InChI=1S/C38H23N3/c1-2-12-27(13-3-1)39-34-19-9-17-31-30-16-8-15-29-28-14-6-7-18-33(28)40(36(29)30)41(38(31)34)35-21-20-26-22-24-10-4-5-11-25(24)23-32(26)37(35)39/h1-23H. The van der Waals surface area contributed by atoms with Crippen molar-refractivity contribution in [2.75, 3.05) is 0 Å². The van der Waals surface area contributed by atoms with Gasteiger partial charge in [0.2, 0.25) is 0 Å². The van der Waals surface area contributed by atoms with Gasteiger partial charge in [0.25, 0.3) is 0 Å². The maximum atomic E-state index is 2.48. The van der Waals surface area contributed by atoms with Crippen LogP contribution in [-0.2, 0) is 0 Å².